The highest BCUT2D eigenvalue weighted by molar-refractivity contribution is 6.04. The van der Waals surface area contributed by atoms with Crippen LogP contribution in [0, 0.1) is 12.3 Å². The summed E-state index contributed by atoms with van der Waals surface area (Å²) in [6.07, 6.45) is 4.44. The lowest BCUT2D eigenvalue weighted by Crippen LogP contribution is -2.24. The van der Waals surface area contributed by atoms with E-state index in [2.05, 4.69) is 13.0 Å². The van der Waals surface area contributed by atoms with Gasteiger partial charge in [-0.25, -0.2) is 0 Å². The number of aryl methyl sites for hydroxylation is 1. The van der Waals surface area contributed by atoms with Gasteiger partial charge < -0.3 is 0 Å². The molecule has 3 rings (SSSR count). The van der Waals surface area contributed by atoms with E-state index in [0.717, 1.165) is 31.2 Å². The van der Waals surface area contributed by atoms with E-state index in [1.807, 2.05) is 12.1 Å². The van der Waals surface area contributed by atoms with Crippen molar-refractivity contribution in [2.45, 2.75) is 32.6 Å². The van der Waals surface area contributed by atoms with Crippen molar-refractivity contribution in [3.8, 4) is 0 Å². The molecule has 2 aliphatic carbocycles. The molecule has 0 aromatic heterocycles. The van der Waals surface area contributed by atoms with Crippen LogP contribution in [0.1, 0.15) is 40.7 Å². The molecule has 1 saturated carbocycles. The van der Waals surface area contributed by atoms with Crippen LogP contribution < -0.4 is 0 Å². The lowest BCUT2D eigenvalue weighted by molar-refractivity contribution is 0.0880. The summed E-state index contributed by atoms with van der Waals surface area (Å²) < 4.78 is 0. The summed E-state index contributed by atoms with van der Waals surface area (Å²) in [5, 5.41) is 0. The highest BCUT2D eigenvalue weighted by atomic mass is 16.1. The van der Waals surface area contributed by atoms with Gasteiger partial charge in [0.05, 0.1) is 0 Å². The van der Waals surface area contributed by atoms with Gasteiger partial charge in [-0.3, -0.25) is 4.79 Å². The summed E-state index contributed by atoms with van der Waals surface area (Å²) in [6.45, 7) is 2.11. The smallest absolute Gasteiger partial charge is 0.169 e. The van der Waals surface area contributed by atoms with Gasteiger partial charge in [0.15, 0.2) is 5.78 Å². The van der Waals surface area contributed by atoms with Gasteiger partial charge >= 0.3 is 0 Å². The molecule has 0 atom stereocenters. The molecule has 1 fully saturated rings. The molecule has 0 bridgehead atoms. The van der Waals surface area contributed by atoms with E-state index >= 15 is 0 Å². The Kier molecular flexibility index (Phi) is 1.45. The molecule has 1 nitrogen and oxygen atoms in total. The molecule has 0 unspecified atom stereocenters. The first-order valence-electron chi connectivity index (χ1n) is 5.36. The number of fused-ring (bicyclic) bond motifs is 1. The van der Waals surface area contributed by atoms with Crippen molar-refractivity contribution in [2.24, 2.45) is 5.41 Å². The molecular weight excluding hydrogens is 172 g/mol. The van der Waals surface area contributed by atoms with Crippen molar-refractivity contribution in [3.63, 3.8) is 0 Å². The predicted octanol–water partition coefficient (Wildman–Crippen LogP) is 2.90. The molecule has 1 spiro atoms. The van der Waals surface area contributed by atoms with Crippen LogP contribution in [0.4, 0.5) is 0 Å². The number of carbonyl (C=O) groups excluding carboxylic acids is 1. The molecule has 72 valence electrons. The molecule has 0 heterocycles. The van der Waals surface area contributed by atoms with Gasteiger partial charge in [-0.15, -0.1) is 0 Å². The van der Waals surface area contributed by atoms with E-state index in [0.29, 0.717) is 5.78 Å². The summed E-state index contributed by atoms with van der Waals surface area (Å²) in [5.74, 6) is 0.419. The van der Waals surface area contributed by atoms with Gasteiger partial charge in [0.2, 0.25) is 0 Å². The second-order valence-electron chi connectivity index (χ2n) is 4.71. The molecule has 1 aromatic carbocycles. The molecule has 0 saturated heterocycles. The Hall–Kier alpha value is -1.11. The van der Waals surface area contributed by atoms with Gasteiger partial charge in [-0.1, -0.05) is 18.2 Å². The van der Waals surface area contributed by atoms with E-state index in [4.69, 9.17) is 0 Å². The molecule has 2 aliphatic rings. The van der Waals surface area contributed by atoms with Crippen LogP contribution in [0.15, 0.2) is 18.2 Å². The van der Waals surface area contributed by atoms with Gasteiger partial charge in [-0.05, 0) is 43.7 Å². The summed E-state index contributed by atoms with van der Waals surface area (Å²) in [5.41, 5.74) is 3.68. The molecule has 0 radical (unpaired) electrons. The first kappa shape index (κ1) is 8.22. The SMILES string of the molecule is Cc1cccc2c1CCC1(CC1)C2=O. The zero-order valence-corrected chi connectivity index (χ0v) is 8.47. The van der Waals surface area contributed by atoms with Crippen LogP contribution in [0.5, 0.6) is 0 Å². The average molecular weight is 186 g/mol. The van der Waals surface area contributed by atoms with Crippen molar-refractivity contribution in [1.82, 2.24) is 0 Å². The van der Waals surface area contributed by atoms with Crippen molar-refractivity contribution in [1.29, 1.82) is 0 Å². The zero-order chi connectivity index (χ0) is 9.76. The minimum atomic E-state index is 0.0841. The third kappa shape index (κ3) is 0.927. The van der Waals surface area contributed by atoms with Crippen molar-refractivity contribution >= 4 is 5.78 Å². The summed E-state index contributed by atoms with van der Waals surface area (Å²) >= 11 is 0. The van der Waals surface area contributed by atoms with Crippen LogP contribution in [-0.2, 0) is 6.42 Å². The van der Waals surface area contributed by atoms with E-state index in [1.54, 1.807) is 0 Å². The maximum absolute atomic E-state index is 12.2. The Bertz CT molecular complexity index is 413. The first-order chi connectivity index (χ1) is 6.73. The maximum atomic E-state index is 12.2. The molecule has 0 aliphatic heterocycles. The Morgan fingerprint density at radius 2 is 2.00 bits per heavy atom. The van der Waals surface area contributed by atoms with Crippen molar-refractivity contribution < 1.29 is 4.79 Å². The normalized spacial score (nSPS) is 22.2. The van der Waals surface area contributed by atoms with Gasteiger partial charge in [0, 0.05) is 11.0 Å². The topological polar surface area (TPSA) is 17.1 Å². The van der Waals surface area contributed by atoms with Crippen LogP contribution in [0.25, 0.3) is 0 Å². The Morgan fingerprint density at radius 1 is 1.21 bits per heavy atom. The second-order valence-corrected chi connectivity index (χ2v) is 4.71. The summed E-state index contributed by atoms with van der Waals surface area (Å²) in [4.78, 5) is 12.2. The van der Waals surface area contributed by atoms with Crippen LogP contribution in [0.3, 0.4) is 0 Å². The average Bonchev–Trinajstić information content (AvgIpc) is 2.94. The summed E-state index contributed by atoms with van der Waals surface area (Å²) in [7, 11) is 0. The standard InChI is InChI=1S/C13H14O/c1-9-3-2-4-11-10(9)5-6-13(7-8-13)12(11)14/h2-4H,5-8H2,1H3. The Labute approximate surface area is 84.1 Å². The second kappa shape index (κ2) is 2.47. The number of carbonyl (C=O) groups is 1. The molecule has 1 heteroatoms. The number of ketones is 1. The van der Waals surface area contributed by atoms with Crippen LogP contribution in [-0.4, -0.2) is 5.78 Å². The number of rotatable bonds is 0. The van der Waals surface area contributed by atoms with E-state index in [1.165, 1.54) is 11.1 Å². The number of hydrogen-bond donors (Lipinski definition) is 0. The van der Waals surface area contributed by atoms with Crippen LogP contribution >= 0.6 is 0 Å². The number of hydrogen-bond acceptors (Lipinski definition) is 1. The monoisotopic (exact) mass is 186 g/mol. The fraction of sp³-hybridized carbons (Fsp3) is 0.462. The molecule has 0 N–H and O–H groups in total. The van der Waals surface area contributed by atoms with Crippen molar-refractivity contribution in [3.05, 3.63) is 34.9 Å². The Morgan fingerprint density at radius 3 is 2.71 bits per heavy atom. The fourth-order valence-corrected chi connectivity index (χ4v) is 2.64. The zero-order valence-electron chi connectivity index (χ0n) is 8.47. The fourth-order valence-electron chi connectivity index (χ4n) is 2.64. The van der Waals surface area contributed by atoms with E-state index in [9.17, 15) is 4.79 Å². The van der Waals surface area contributed by atoms with Crippen molar-refractivity contribution in [2.75, 3.05) is 0 Å². The van der Waals surface area contributed by atoms with Gasteiger partial charge in [0.25, 0.3) is 0 Å². The van der Waals surface area contributed by atoms with E-state index < -0.39 is 0 Å². The highest BCUT2D eigenvalue weighted by Crippen LogP contribution is 2.54. The molecule has 1 aromatic rings. The van der Waals surface area contributed by atoms with Crippen LogP contribution in [0.2, 0.25) is 0 Å². The molecular formula is C13H14O. The highest BCUT2D eigenvalue weighted by Gasteiger charge is 2.51. The number of benzene rings is 1. The molecule has 0 amide bonds. The van der Waals surface area contributed by atoms with Gasteiger partial charge in [0.1, 0.15) is 0 Å². The minimum absolute atomic E-state index is 0.0841. The summed E-state index contributed by atoms with van der Waals surface area (Å²) in [6, 6.07) is 6.12. The third-order valence-electron chi connectivity index (χ3n) is 3.84. The van der Waals surface area contributed by atoms with E-state index in [-0.39, 0.29) is 5.41 Å². The van der Waals surface area contributed by atoms with Gasteiger partial charge in [-0.2, -0.15) is 0 Å². The quantitative estimate of drug-likeness (QED) is 0.609. The maximum Gasteiger partial charge on any atom is 0.169 e. The largest absolute Gasteiger partial charge is 0.294 e. The third-order valence-corrected chi connectivity index (χ3v) is 3.84. The lowest BCUT2D eigenvalue weighted by Gasteiger charge is -2.23. The first-order valence-corrected chi connectivity index (χ1v) is 5.36. The minimum Gasteiger partial charge on any atom is -0.294 e. The molecule has 14 heavy (non-hydrogen) atoms. The predicted molar refractivity (Wildman–Crippen MR) is 55.5 cm³/mol. The lowest BCUT2D eigenvalue weighted by atomic mass is 9.79. The Balaban J connectivity index is 2.16. The number of Topliss-reactive ketones (excluding diaryl/α,β-unsaturated/α-hetero) is 1.